The van der Waals surface area contributed by atoms with Crippen LogP contribution in [0.3, 0.4) is 0 Å². The van der Waals surface area contributed by atoms with Crippen molar-refractivity contribution in [3.8, 4) is 0 Å². The van der Waals surface area contributed by atoms with Crippen molar-refractivity contribution in [1.82, 2.24) is 5.32 Å². The second-order valence-electron chi connectivity index (χ2n) is 3.94. The van der Waals surface area contributed by atoms with Crippen LogP contribution in [0.15, 0.2) is 18.2 Å². The fourth-order valence-corrected chi connectivity index (χ4v) is 1.47. The van der Waals surface area contributed by atoms with Gasteiger partial charge in [-0.15, -0.1) is 0 Å². The van der Waals surface area contributed by atoms with E-state index in [9.17, 15) is 14.4 Å². The largest absolute Gasteiger partial charge is 0.449 e. The molecular weight excluding hydrogens is 250 g/mol. The molecule has 0 bridgehead atoms. The third kappa shape index (κ3) is 3.70. The second kappa shape index (κ2) is 5.85. The number of urea groups is 1. The first-order valence-electron chi connectivity index (χ1n) is 5.49. The first kappa shape index (κ1) is 14.5. The average Bonchev–Trinajstić information content (AvgIpc) is 2.27. The lowest BCUT2D eigenvalue weighted by atomic mass is 10.1. The summed E-state index contributed by atoms with van der Waals surface area (Å²) in [6.45, 7) is 3.02. The number of primary amides is 1. The fraction of sp³-hybridized carbons (Fsp3) is 0.250. The van der Waals surface area contributed by atoms with Gasteiger partial charge < -0.3 is 16.2 Å². The number of ether oxygens (including phenoxy) is 1. The van der Waals surface area contributed by atoms with Crippen LogP contribution in [0.25, 0.3) is 0 Å². The van der Waals surface area contributed by atoms with E-state index < -0.39 is 24.0 Å². The molecule has 1 atom stereocenters. The molecule has 0 fully saturated rings. The number of carbonyl (C=O) groups is 3. The summed E-state index contributed by atoms with van der Waals surface area (Å²) in [5, 5.41) is 1.82. The van der Waals surface area contributed by atoms with Crippen LogP contribution in [0.5, 0.6) is 0 Å². The number of nitrogens with two attached hydrogens (primary N) is 2. The number of nitrogens with one attached hydrogen (secondary N) is 1. The highest BCUT2D eigenvalue weighted by Gasteiger charge is 2.22. The van der Waals surface area contributed by atoms with Gasteiger partial charge in [-0.2, -0.15) is 0 Å². The Kier molecular flexibility index (Phi) is 4.46. The molecule has 7 nitrogen and oxygen atoms in total. The molecule has 102 valence electrons. The minimum Gasteiger partial charge on any atom is -0.449 e. The predicted molar refractivity (Wildman–Crippen MR) is 68.2 cm³/mol. The van der Waals surface area contributed by atoms with Gasteiger partial charge in [-0.05, 0) is 25.5 Å². The van der Waals surface area contributed by atoms with Gasteiger partial charge in [0.05, 0.1) is 5.56 Å². The van der Waals surface area contributed by atoms with Crippen LogP contribution >= 0.6 is 0 Å². The Morgan fingerprint density at radius 3 is 2.47 bits per heavy atom. The molecule has 1 unspecified atom stereocenters. The molecule has 7 heteroatoms. The summed E-state index contributed by atoms with van der Waals surface area (Å²) >= 11 is 0. The van der Waals surface area contributed by atoms with Gasteiger partial charge in [0, 0.05) is 5.69 Å². The van der Waals surface area contributed by atoms with E-state index in [1.165, 1.54) is 6.92 Å². The van der Waals surface area contributed by atoms with Crippen molar-refractivity contribution in [2.24, 2.45) is 5.73 Å². The van der Waals surface area contributed by atoms with E-state index >= 15 is 0 Å². The molecule has 1 aromatic carbocycles. The van der Waals surface area contributed by atoms with Crippen LogP contribution in [0.4, 0.5) is 10.5 Å². The zero-order valence-corrected chi connectivity index (χ0v) is 10.6. The van der Waals surface area contributed by atoms with Crippen LogP contribution in [0.1, 0.15) is 22.8 Å². The maximum Gasteiger partial charge on any atom is 0.341 e. The van der Waals surface area contributed by atoms with Gasteiger partial charge in [-0.3, -0.25) is 10.1 Å². The van der Waals surface area contributed by atoms with Gasteiger partial charge in [0.15, 0.2) is 6.10 Å². The number of carbonyl (C=O) groups excluding carboxylic acids is 3. The number of esters is 1. The van der Waals surface area contributed by atoms with Crippen molar-refractivity contribution in [1.29, 1.82) is 0 Å². The predicted octanol–water partition coefficient (Wildman–Crippen LogP) is 0.317. The number of hydrogen-bond donors (Lipinski definition) is 3. The van der Waals surface area contributed by atoms with Gasteiger partial charge in [0.2, 0.25) is 0 Å². The van der Waals surface area contributed by atoms with Crippen LogP contribution < -0.4 is 16.8 Å². The standard InChI is InChI=1S/C12H15N3O4/c1-6-4-3-5-8(13)9(6)11(17)19-7(2)10(16)15-12(14)18/h3-5,7H,13H2,1-2H3,(H3,14,15,16,18). The molecular formula is C12H15N3O4. The molecule has 0 aliphatic rings. The van der Waals surface area contributed by atoms with Crippen LogP contribution in [-0.2, 0) is 9.53 Å². The molecule has 0 spiro atoms. The summed E-state index contributed by atoms with van der Waals surface area (Å²) < 4.78 is 4.92. The maximum atomic E-state index is 11.9. The number of amides is 3. The van der Waals surface area contributed by atoms with Crippen LogP contribution in [0, 0.1) is 6.92 Å². The maximum absolute atomic E-state index is 11.9. The molecule has 3 amide bonds. The van der Waals surface area contributed by atoms with Crippen molar-refractivity contribution in [2.75, 3.05) is 5.73 Å². The lowest BCUT2D eigenvalue weighted by Crippen LogP contribution is -2.42. The Labute approximate surface area is 109 Å². The van der Waals surface area contributed by atoms with Crippen molar-refractivity contribution in [3.63, 3.8) is 0 Å². The SMILES string of the molecule is Cc1cccc(N)c1C(=O)OC(C)C(=O)NC(N)=O. The van der Waals surface area contributed by atoms with E-state index in [1.807, 2.05) is 5.32 Å². The summed E-state index contributed by atoms with van der Waals surface area (Å²) in [5.74, 6) is -1.53. The Morgan fingerprint density at radius 1 is 1.32 bits per heavy atom. The number of rotatable bonds is 3. The van der Waals surface area contributed by atoms with E-state index in [2.05, 4.69) is 0 Å². The van der Waals surface area contributed by atoms with E-state index in [0.29, 0.717) is 5.56 Å². The smallest absolute Gasteiger partial charge is 0.341 e. The Bertz CT molecular complexity index is 507. The number of benzene rings is 1. The van der Waals surface area contributed by atoms with Crippen molar-refractivity contribution >= 4 is 23.6 Å². The second-order valence-corrected chi connectivity index (χ2v) is 3.94. The zero-order chi connectivity index (χ0) is 14.6. The summed E-state index contributed by atoms with van der Waals surface area (Å²) in [7, 11) is 0. The van der Waals surface area contributed by atoms with Crippen molar-refractivity contribution in [3.05, 3.63) is 29.3 Å². The lowest BCUT2D eigenvalue weighted by molar-refractivity contribution is -0.127. The molecule has 0 saturated carbocycles. The third-order valence-corrected chi connectivity index (χ3v) is 2.41. The summed E-state index contributed by atoms with van der Waals surface area (Å²) in [6, 6.07) is 3.94. The van der Waals surface area contributed by atoms with Gasteiger partial charge >= 0.3 is 12.0 Å². The molecule has 0 aliphatic heterocycles. The highest BCUT2D eigenvalue weighted by molar-refractivity contribution is 6.00. The van der Waals surface area contributed by atoms with Crippen molar-refractivity contribution in [2.45, 2.75) is 20.0 Å². The average molecular weight is 265 g/mol. The summed E-state index contributed by atoms with van der Waals surface area (Å²) in [5.41, 5.74) is 11.6. The summed E-state index contributed by atoms with van der Waals surface area (Å²) in [4.78, 5) is 33.8. The van der Waals surface area contributed by atoms with Gasteiger partial charge in [0.1, 0.15) is 0 Å². The Morgan fingerprint density at radius 2 is 1.95 bits per heavy atom. The first-order chi connectivity index (χ1) is 8.82. The molecule has 19 heavy (non-hydrogen) atoms. The molecule has 0 aliphatic carbocycles. The zero-order valence-electron chi connectivity index (χ0n) is 10.6. The Hall–Kier alpha value is -2.57. The van der Waals surface area contributed by atoms with Crippen molar-refractivity contribution < 1.29 is 19.1 Å². The topological polar surface area (TPSA) is 125 Å². The number of aryl methyl sites for hydroxylation is 1. The van der Waals surface area contributed by atoms with E-state index in [-0.39, 0.29) is 11.3 Å². The van der Waals surface area contributed by atoms with Crippen LogP contribution in [-0.4, -0.2) is 24.0 Å². The van der Waals surface area contributed by atoms with E-state index in [4.69, 9.17) is 16.2 Å². The molecule has 5 N–H and O–H groups in total. The first-order valence-corrected chi connectivity index (χ1v) is 5.49. The number of imide groups is 1. The van der Waals surface area contributed by atoms with Gasteiger partial charge in [-0.25, -0.2) is 9.59 Å². The van der Waals surface area contributed by atoms with Crippen LogP contribution in [0.2, 0.25) is 0 Å². The molecule has 0 saturated heterocycles. The number of nitrogen functional groups attached to an aromatic ring is 1. The molecule has 1 rings (SSSR count). The minimum absolute atomic E-state index is 0.196. The monoisotopic (exact) mass is 265 g/mol. The van der Waals surface area contributed by atoms with Gasteiger partial charge in [-0.1, -0.05) is 12.1 Å². The Balaban J connectivity index is 2.80. The number of hydrogen-bond acceptors (Lipinski definition) is 5. The minimum atomic E-state index is -1.15. The third-order valence-electron chi connectivity index (χ3n) is 2.41. The van der Waals surface area contributed by atoms with E-state index in [1.54, 1.807) is 25.1 Å². The quantitative estimate of drug-likeness (QED) is 0.536. The fourth-order valence-electron chi connectivity index (χ4n) is 1.47. The number of anilines is 1. The molecule has 0 heterocycles. The normalized spacial score (nSPS) is 11.5. The molecule has 0 radical (unpaired) electrons. The highest BCUT2D eigenvalue weighted by Crippen LogP contribution is 2.18. The van der Waals surface area contributed by atoms with Gasteiger partial charge in [0.25, 0.3) is 5.91 Å². The van der Waals surface area contributed by atoms with E-state index in [0.717, 1.165) is 0 Å². The summed E-state index contributed by atoms with van der Waals surface area (Å²) in [6.07, 6.45) is -1.15. The molecule has 0 aromatic heterocycles. The lowest BCUT2D eigenvalue weighted by Gasteiger charge is -2.14. The highest BCUT2D eigenvalue weighted by atomic mass is 16.5. The molecule has 1 aromatic rings.